The summed E-state index contributed by atoms with van der Waals surface area (Å²) in [6.45, 7) is 0.695. The molecule has 0 spiro atoms. The quantitative estimate of drug-likeness (QED) is 0.746. The van der Waals surface area contributed by atoms with Gasteiger partial charge < -0.3 is 9.55 Å². The van der Waals surface area contributed by atoms with Crippen LogP contribution in [0.25, 0.3) is 11.1 Å². The van der Waals surface area contributed by atoms with E-state index in [4.69, 9.17) is 4.98 Å². The van der Waals surface area contributed by atoms with Crippen molar-refractivity contribution in [3.63, 3.8) is 0 Å². The summed E-state index contributed by atoms with van der Waals surface area (Å²) < 4.78 is 19.8. The van der Waals surface area contributed by atoms with E-state index in [1.807, 2.05) is 36.4 Å². The van der Waals surface area contributed by atoms with Crippen LogP contribution in [0.5, 0.6) is 0 Å². The summed E-state index contributed by atoms with van der Waals surface area (Å²) in [5.74, 6) is 0.664. The Labute approximate surface area is 158 Å². The number of H-pyrrole nitrogens is 1. The van der Waals surface area contributed by atoms with Gasteiger partial charge in [0.2, 0.25) is 0 Å². The van der Waals surface area contributed by atoms with Crippen molar-refractivity contribution in [2.45, 2.75) is 19.4 Å². The van der Waals surface area contributed by atoms with E-state index in [1.165, 1.54) is 23.2 Å². The van der Waals surface area contributed by atoms with Crippen molar-refractivity contribution in [1.29, 1.82) is 0 Å². The summed E-state index contributed by atoms with van der Waals surface area (Å²) in [5.41, 5.74) is 4.42. The number of aromatic amines is 1. The largest absolute Gasteiger partial charge is 0.346 e. The Hall–Kier alpha value is -3.06. The van der Waals surface area contributed by atoms with E-state index < -0.39 is 0 Å². The van der Waals surface area contributed by atoms with Crippen LogP contribution in [0.1, 0.15) is 24.0 Å². The average Bonchev–Trinajstić information content (AvgIpc) is 3.43. The molecule has 5 nitrogen and oxygen atoms in total. The van der Waals surface area contributed by atoms with Gasteiger partial charge in [-0.3, -0.25) is 0 Å². The smallest absolute Gasteiger partial charge is 0.137 e. The summed E-state index contributed by atoms with van der Waals surface area (Å²) >= 11 is 1.44. The third kappa shape index (κ3) is 2.90. The van der Waals surface area contributed by atoms with E-state index >= 15 is 0 Å². The first-order chi connectivity index (χ1) is 13.3. The lowest BCUT2D eigenvalue weighted by Crippen LogP contribution is -2.35. The van der Waals surface area contributed by atoms with E-state index in [1.54, 1.807) is 6.08 Å². The van der Waals surface area contributed by atoms with Crippen LogP contribution in [-0.2, 0) is 6.54 Å². The number of nitrogens with one attached hydrogen (secondary N) is 1. The SMILES string of the molecule is FC1=CCC(=c2ncn(Cc3cnsc3)c2=C2CC=Nc3[nH]ccc32)C=C1. The van der Waals surface area contributed by atoms with Crippen molar-refractivity contribution >= 4 is 34.7 Å². The Morgan fingerprint density at radius 2 is 2.22 bits per heavy atom. The van der Waals surface area contributed by atoms with Gasteiger partial charge in [-0.15, -0.1) is 0 Å². The summed E-state index contributed by atoms with van der Waals surface area (Å²) in [4.78, 5) is 12.3. The van der Waals surface area contributed by atoms with Gasteiger partial charge in [-0.1, -0.05) is 6.08 Å². The van der Waals surface area contributed by atoms with Crippen LogP contribution in [0, 0.1) is 0 Å². The first kappa shape index (κ1) is 16.1. The van der Waals surface area contributed by atoms with Crippen LogP contribution in [-0.4, -0.2) is 25.1 Å². The molecule has 0 unspecified atom stereocenters. The second kappa shape index (κ2) is 6.59. The lowest BCUT2D eigenvalue weighted by Gasteiger charge is -2.11. The van der Waals surface area contributed by atoms with Gasteiger partial charge in [0.25, 0.3) is 0 Å². The summed E-state index contributed by atoms with van der Waals surface area (Å²) in [7, 11) is 0. The maximum absolute atomic E-state index is 13.4. The van der Waals surface area contributed by atoms with Gasteiger partial charge >= 0.3 is 0 Å². The second-order valence-corrected chi connectivity index (χ2v) is 7.15. The molecule has 3 aromatic heterocycles. The minimum absolute atomic E-state index is 0.200. The number of nitrogens with zero attached hydrogens (tertiary/aromatic N) is 4. The summed E-state index contributed by atoms with van der Waals surface area (Å²) in [6.07, 6.45) is 13.8. The molecule has 0 bridgehead atoms. The first-order valence-electron chi connectivity index (χ1n) is 8.69. The van der Waals surface area contributed by atoms with E-state index in [9.17, 15) is 4.39 Å². The molecule has 0 radical (unpaired) electrons. The highest BCUT2D eigenvalue weighted by Crippen LogP contribution is 2.28. The normalized spacial score (nSPS) is 20.0. The van der Waals surface area contributed by atoms with Crippen molar-refractivity contribution in [3.8, 4) is 0 Å². The number of hydrogen-bond acceptors (Lipinski definition) is 4. The number of allylic oxidation sites excluding steroid dienone is 4. The molecule has 0 amide bonds. The van der Waals surface area contributed by atoms with Crippen LogP contribution in [0.3, 0.4) is 0 Å². The molecule has 2 aliphatic rings. The average molecular weight is 377 g/mol. The molecule has 0 atom stereocenters. The Morgan fingerprint density at radius 3 is 3.04 bits per heavy atom. The highest BCUT2D eigenvalue weighted by Gasteiger charge is 2.17. The topological polar surface area (TPSA) is 58.9 Å². The van der Waals surface area contributed by atoms with Gasteiger partial charge in [0.05, 0.1) is 23.6 Å². The van der Waals surface area contributed by atoms with Crippen molar-refractivity contribution in [1.82, 2.24) is 18.9 Å². The number of fused-ring (bicyclic) bond motifs is 1. The highest BCUT2D eigenvalue weighted by molar-refractivity contribution is 7.03. The molecule has 5 rings (SSSR count). The predicted molar refractivity (Wildman–Crippen MR) is 105 cm³/mol. The van der Waals surface area contributed by atoms with Crippen LogP contribution < -0.4 is 10.7 Å². The third-order valence-corrected chi connectivity index (χ3v) is 5.43. The van der Waals surface area contributed by atoms with E-state index in [0.29, 0.717) is 13.0 Å². The lowest BCUT2D eigenvalue weighted by atomic mass is 10.0. The fourth-order valence-electron chi connectivity index (χ4n) is 3.53. The molecular weight excluding hydrogens is 361 g/mol. The van der Waals surface area contributed by atoms with Crippen LogP contribution in [0.2, 0.25) is 0 Å². The van der Waals surface area contributed by atoms with Gasteiger partial charge in [-0.05, 0) is 47.3 Å². The van der Waals surface area contributed by atoms with Crippen LogP contribution in [0.4, 0.5) is 10.2 Å². The van der Waals surface area contributed by atoms with Gasteiger partial charge in [-0.25, -0.2) is 18.7 Å². The number of aliphatic imine (C=N–C) groups is 1. The zero-order valence-electron chi connectivity index (χ0n) is 14.4. The molecule has 0 saturated heterocycles. The van der Waals surface area contributed by atoms with Crippen LogP contribution in [0.15, 0.2) is 59.2 Å². The standard InChI is InChI=1S/C20H16FN5S/c21-15-3-1-14(2-4-15)18-19(16-5-7-22-20-17(16)6-8-23-20)26(12-24-18)10-13-9-25-27-11-13/h1,3-4,6-9,11-12,23H,2,5,10H2. The minimum atomic E-state index is -0.200. The summed E-state index contributed by atoms with van der Waals surface area (Å²) in [6, 6.07) is 2.05. The highest BCUT2D eigenvalue weighted by atomic mass is 32.1. The number of imidazole rings is 1. The van der Waals surface area contributed by atoms with Crippen molar-refractivity contribution in [2.75, 3.05) is 0 Å². The fourth-order valence-corrected chi connectivity index (χ4v) is 4.06. The maximum atomic E-state index is 13.4. The molecule has 0 fully saturated rings. The fraction of sp³-hybridized carbons (Fsp3) is 0.150. The second-order valence-electron chi connectivity index (χ2n) is 6.49. The number of hydrogen-bond donors (Lipinski definition) is 1. The van der Waals surface area contributed by atoms with E-state index in [2.05, 4.69) is 25.0 Å². The predicted octanol–water partition coefficient (Wildman–Crippen LogP) is 2.99. The molecule has 0 saturated carbocycles. The molecule has 7 heteroatoms. The van der Waals surface area contributed by atoms with E-state index in [-0.39, 0.29) is 5.83 Å². The monoisotopic (exact) mass is 377 g/mol. The molecule has 3 aromatic rings. The molecule has 134 valence electrons. The summed E-state index contributed by atoms with van der Waals surface area (Å²) in [5, 5.41) is 4.00. The molecular formula is C20H16FN5S. The number of rotatable bonds is 2. The van der Waals surface area contributed by atoms with Crippen LogP contribution >= 0.6 is 11.5 Å². The molecule has 1 aliphatic carbocycles. The minimum Gasteiger partial charge on any atom is -0.346 e. The Balaban J connectivity index is 1.79. The van der Waals surface area contributed by atoms with Crippen molar-refractivity contribution in [3.05, 3.63) is 76.0 Å². The number of halogens is 1. The van der Waals surface area contributed by atoms with Gasteiger partial charge in [0.1, 0.15) is 11.6 Å². The zero-order valence-corrected chi connectivity index (χ0v) is 15.2. The molecule has 1 N–H and O–H groups in total. The van der Waals surface area contributed by atoms with Gasteiger partial charge in [-0.2, -0.15) is 0 Å². The zero-order chi connectivity index (χ0) is 18.2. The van der Waals surface area contributed by atoms with E-state index in [0.717, 1.165) is 39.6 Å². The third-order valence-electron chi connectivity index (χ3n) is 4.79. The molecule has 27 heavy (non-hydrogen) atoms. The lowest BCUT2D eigenvalue weighted by molar-refractivity contribution is 0.661. The maximum Gasteiger partial charge on any atom is 0.137 e. The first-order valence-corrected chi connectivity index (χ1v) is 9.53. The Kier molecular flexibility index (Phi) is 3.94. The molecule has 4 heterocycles. The van der Waals surface area contributed by atoms with Gasteiger partial charge in [0.15, 0.2) is 0 Å². The Morgan fingerprint density at radius 1 is 1.26 bits per heavy atom. The molecule has 0 aromatic carbocycles. The number of aromatic nitrogens is 4. The van der Waals surface area contributed by atoms with Crippen molar-refractivity contribution in [2.24, 2.45) is 4.99 Å². The van der Waals surface area contributed by atoms with Gasteiger partial charge in [0, 0.05) is 41.5 Å². The van der Waals surface area contributed by atoms with Crippen molar-refractivity contribution < 1.29 is 4.39 Å². The Bertz CT molecular complexity index is 1210. The molecule has 1 aliphatic heterocycles.